The molecule has 21 heavy (non-hydrogen) atoms. The van der Waals surface area contributed by atoms with Gasteiger partial charge in [0, 0.05) is 39.9 Å². The summed E-state index contributed by atoms with van der Waals surface area (Å²) in [5.41, 5.74) is 0. The lowest BCUT2D eigenvalue weighted by Gasteiger charge is -2.35. The van der Waals surface area contributed by atoms with Gasteiger partial charge in [-0.15, -0.1) is 0 Å². The molecule has 2 atom stereocenters. The first-order valence-corrected chi connectivity index (χ1v) is 8.98. The van der Waals surface area contributed by atoms with Gasteiger partial charge >= 0.3 is 0 Å². The predicted molar refractivity (Wildman–Crippen MR) is 82.5 cm³/mol. The van der Waals surface area contributed by atoms with Crippen molar-refractivity contribution < 1.29 is 17.9 Å². The van der Waals surface area contributed by atoms with E-state index >= 15 is 0 Å². The molecule has 7 nitrogen and oxygen atoms in total. The highest BCUT2D eigenvalue weighted by Crippen LogP contribution is 2.19. The number of rotatable bonds is 10. The first-order valence-electron chi connectivity index (χ1n) is 7.54. The van der Waals surface area contributed by atoms with Gasteiger partial charge in [-0.3, -0.25) is 0 Å². The minimum atomic E-state index is -3.48. The van der Waals surface area contributed by atoms with E-state index in [1.165, 1.54) is 0 Å². The Kier molecular flexibility index (Phi) is 8.69. The number of nitrogens with zero attached hydrogens (tertiary/aromatic N) is 1. The van der Waals surface area contributed by atoms with Crippen molar-refractivity contribution >= 4 is 10.2 Å². The van der Waals surface area contributed by atoms with E-state index in [0.717, 1.165) is 25.8 Å². The topological polar surface area (TPSA) is 79.9 Å². The normalized spacial score (nSPS) is 22.3. The highest BCUT2D eigenvalue weighted by Gasteiger charge is 2.32. The van der Waals surface area contributed by atoms with E-state index in [2.05, 4.69) is 10.0 Å². The highest BCUT2D eigenvalue weighted by atomic mass is 32.2. The second-order valence-electron chi connectivity index (χ2n) is 5.23. The molecular weight excluding hydrogens is 294 g/mol. The maximum absolute atomic E-state index is 12.5. The van der Waals surface area contributed by atoms with Crippen molar-refractivity contribution in [3.05, 3.63) is 0 Å². The van der Waals surface area contributed by atoms with Gasteiger partial charge < -0.3 is 14.8 Å². The summed E-state index contributed by atoms with van der Waals surface area (Å²) in [6.07, 6.45) is 2.61. The summed E-state index contributed by atoms with van der Waals surface area (Å²) in [4.78, 5) is 0. The number of nitrogens with one attached hydrogen (secondary N) is 2. The molecule has 2 N–H and O–H groups in total. The summed E-state index contributed by atoms with van der Waals surface area (Å²) >= 11 is 0. The first-order chi connectivity index (χ1) is 10.0. The molecule has 0 amide bonds. The Hall–Kier alpha value is -0.250. The van der Waals surface area contributed by atoms with Crippen LogP contribution in [-0.4, -0.2) is 71.9 Å². The Morgan fingerprint density at radius 2 is 2.10 bits per heavy atom. The second-order valence-corrected chi connectivity index (χ2v) is 6.94. The maximum Gasteiger partial charge on any atom is 0.279 e. The predicted octanol–water partition coefficient (Wildman–Crippen LogP) is -0.0538. The van der Waals surface area contributed by atoms with Gasteiger partial charge in [0.2, 0.25) is 0 Å². The van der Waals surface area contributed by atoms with Crippen LogP contribution in [0.3, 0.4) is 0 Å². The van der Waals surface area contributed by atoms with Crippen molar-refractivity contribution in [2.45, 2.75) is 38.3 Å². The molecule has 0 aromatic heterocycles. The van der Waals surface area contributed by atoms with Crippen molar-refractivity contribution in [3.63, 3.8) is 0 Å². The third-order valence-corrected chi connectivity index (χ3v) is 5.32. The largest absolute Gasteiger partial charge is 0.382 e. The SMILES string of the molecule is CCNCC1CCCCN1S(=O)(=O)NCC(COC)OC. The van der Waals surface area contributed by atoms with Crippen molar-refractivity contribution in [2.75, 3.05) is 47.0 Å². The fourth-order valence-electron chi connectivity index (χ4n) is 2.48. The van der Waals surface area contributed by atoms with E-state index in [1.807, 2.05) is 6.92 Å². The maximum atomic E-state index is 12.5. The summed E-state index contributed by atoms with van der Waals surface area (Å²) in [5.74, 6) is 0. The van der Waals surface area contributed by atoms with Gasteiger partial charge in [-0.1, -0.05) is 13.3 Å². The smallest absolute Gasteiger partial charge is 0.279 e. The number of piperidine rings is 1. The average Bonchev–Trinajstić information content (AvgIpc) is 2.49. The Bertz CT molecular complexity index is 378. The molecular formula is C13H29N3O4S. The zero-order chi connectivity index (χ0) is 15.7. The summed E-state index contributed by atoms with van der Waals surface area (Å²) in [6, 6.07) is 0.0274. The molecule has 2 unspecified atom stereocenters. The third kappa shape index (κ3) is 6.17. The fraction of sp³-hybridized carbons (Fsp3) is 1.00. The summed E-state index contributed by atoms with van der Waals surface area (Å²) in [6.45, 7) is 4.72. The molecule has 1 heterocycles. The van der Waals surface area contributed by atoms with Gasteiger partial charge in [0.25, 0.3) is 10.2 Å². The molecule has 1 rings (SSSR count). The van der Waals surface area contributed by atoms with Crippen molar-refractivity contribution in [1.29, 1.82) is 0 Å². The van der Waals surface area contributed by atoms with Gasteiger partial charge in [0.05, 0.1) is 12.7 Å². The van der Waals surface area contributed by atoms with E-state index in [9.17, 15) is 8.42 Å². The Balaban J connectivity index is 2.60. The molecule has 0 aliphatic carbocycles. The van der Waals surface area contributed by atoms with Gasteiger partial charge in [-0.25, -0.2) is 0 Å². The van der Waals surface area contributed by atoms with E-state index in [0.29, 0.717) is 19.7 Å². The van der Waals surface area contributed by atoms with Crippen molar-refractivity contribution in [3.8, 4) is 0 Å². The Morgan fingerprint density at radius 3 is 2.71 bits per heavy atom. The molecule has 0 radical (unpaired) electrons. The summed E-state index contributed by atoms with van der Waals surface area (Å²) in [7, 11) is -0.363. The molecule has 126 valence electrons. The van der Waals surface area contributed by atoms with Gasteiger partial charge in [0.15, 0.2) is 0 Å². The van der Waals surface area contributed by atoms with Crippen LogP contribution in [0.1, 0.15) is 26.2 Å². The average molecular weight is 323 g/mol. The number of hydrogen-bond acceptors (Lipinski definition) is 5. The van der Waals surface area contributed by atoms with Crippen LogP contribution in [0, 0.1) is 0 Å². The summed E-state index contributed by atoms with van der Waals surface area (Å²) < 4.78 is 39.3. The van der Waals surface area contributed by atoms with Crippen LogP contribution in [0.5, 0.6) is 0 Å². The van der Waals surface area contributed by atoms with Crippen LogP contribution in [-0.2, 0) is 19.7 Å². The quantitative estimate of drug-likeness (QED) is 0.589. The molecule has 0 aromatic carbocycles. The van der Waals surface area contributed by atoms with Crippen LogP contribution in [0.25, 0.3) is 0 Å². The standard InChI is InChI=1S/C13H29N3O4S/c1-4-14-9-12-7-5-6-8-16(12)21(17,18)15-10-13(20-3)11-19-2/h12-15H,4-11H2,1-3H3. The van der Waals surface area contributed by atoms with Crippen LogP contribution in [0.15, 0.2) is 0 Å². The van der Waals surface area contributed by atoms with Crippen LogP contribution < -0.4 is 10.0 Å². The zero-order valence-electron chi connectivity index (χ0n) is 13.3. The van der Waals surface area contributed by atoms with Crippen molar-refractivity contribution in [1.82, 2.24) is 14.3 Å². The molecule has 1 aliphatic heterocycles. The lowest BCUT2D eigenvalue weighted by atomic mass is 10.1. The molecule has 0 saturated carbocycles. The molecule has 8 heteroatoms. The van der Waals surface area contributed by atoms with E-state index in [1.54, 1.807) is 18.5 Å². The molecule has 1 fully saturated rings. The lowest BCUT2D eigenvalue weighted by Crippen LogP contribution is -2.53. The first kappa shape index (κ1) is 18.8. The number of hydrogen-bond donors (Lipinski definition) is 2. The number of ether oxygens (including phenoxy) is 2. The van der Waals surface area contributed by atoms with Crippen LogP contribution >= 0.6 is 0 Å². The monoisotopic (exact) mass is 323 g/mol. The fourth-order valence-corrected chi connectivity index (χ4v) is 3.99. The molecule has 0 bridgehead atoms. The molecule has 1 aliphatic rings. The zero-order valence-corrected chi connectivity index (χ0v) is 14.1. The van der Waals surface area contributed by atoms with Gasteiger partial charge in [0.1, 0.15) is 0 Å². The van der Waals surface area contributed by atoms with Gasteiger partial charge in [-0.05, 0) is 19.4 Å². The van der Waals surface area contributed by atoms with E-state index in [4.69, 9.17) is 9.47 Å². The highest BCUT2D eigenvalue weighted by molar-refractivity contribution is 7.87. The number of likely N-dealkylation sites (N-methyl/N-ethyl adjacent to an activating group) is 1. The summed E-state index contributed by atoms with van der Waals surface area (Å²) in [5, 5.41) is 3.24. The van der Waals surface area contributed by atoms with E-state index in [-0.39, 0.29) is 18.7 Å². The Labute approximate surface area is 128 Å². The third-order valence-electron chi connectivity index (χ3n) is 3.69. The van der Waals surface area contributed by atoms with Gasteiger partial charge in [-0.2, -0.15) is 17.4 Å². The number of methoxy groups -OCH3 is 2. The Morgan fingerprint density at radius 1 is 1.33 bits per heavy atom. The minimum Gasteiger partial charge on any atom is -0.382 e. The lowest BCUT2D eigenvalue weighted by molar-refractivity contribution is 0.0316. The molecule has 0 spiro atoms. The van der Waals surface area contributed by atoms with Crippen molar-refractivity contribution in [2.24, 2.45) is 0 Å². The molecule has 0 aromatic rings. The van der Waals surface area contributed by atoms with Crippen LogP contribution in [0.4, 0.5) is 0 Å². The molecule has 1 saturated heterocycles. The van der Waals surface area contributed by atoms with E-state index < -0.39 is 10.2 Å². The van der Waals surface area contributed by atoms with Crippen LogP contribution in [0.2, 0.25) is 0 Å². The minimum absolute atomic E-state index is 0.0274. The second kappa shape index (κ2) is 9.70.